The Morgan fingerprint density at radius 2 is 1.69 bits per heavy atom. The quantitative estimate of drug-likeness (QED) is 0.584. The van der Waals surface area contributed by atoms with Gasteiger partial charge in [0, 0.05) is 18.6 Å². The van der Waals surface area contributed by atoms with Gasteiger partial charge in [0.05, 0.1) is 6.54 Å². The van der Waals surface area contributed by atoms with Crippen LogP contribution in [0.1, 0.15) is 39.5 Å². The summed E-state index contributed by atoms with van der Waals surface area (Å²) >= 11 is 0. The number of rotatable bonds is 10. The van der Waals surface area contributed by atoms with Crippen LogP contribution < -0.4 is 5.32 Å². The largest absolute Gasteiger partial charge is 0.480 e. The van der Waals surface area contributed by atoms with E-state index in [4.69, 9.17) is 5.11 Å². The Kier molecular flexibility index (Phi) is 8.58. The third-order valence-corrected chi connectivity index (χ3v) is 5.58. The van der Waals surface area contributed by atoms with Crippen molar-refractivity contribution in [1.82, 2.24) is 5.32 Å². The highest BCUT2D eigenvalue weighted by Crippen LogP contribution is 2.46. The van der Waals surface area contributed by atoms with Crippen molar-refractivity contribution in [2.45, 2.75) is 39.5 Å². The monoisotopic (exact) mass is 249 g/mol. The van der Waals surface area contributed by atoms with E-state index in [0.29, 0.717) is 6.29 Å². The molecule has 0 bridgehead atoms. The summed E-state index contributed by atoms with van der Waals surface area (Å²) in [7, 11) is -2.18. The molecule has 96 valence electrons. The smallest absolute Gasteiger partial charge is 0.317 e. The maximum absolute atomic E-state index is 12.5. The van der Waals surface area contributed by atoms with Crippen molar-refractivity contribution >= 4 is 13.1 Å². The summed E-state index contributed by atoms with van der Waals surface area (Å²) in [6, 6.07) is 0. The molecular formula is C11H24NO3P. The van der Waals surface area contributed by atoms with E-state index < -0.39 is 13.1 Å². The zero-order valence-electron chi connectivity index (χ0n) is 10.4. The maximum atomic E-state index is 12.5. The molecule has 16 heavy (non-hydrogen) atoms. The molecule has 0 amide bonds. The number of carboxylic acids is 1. The molecule has 4 nitrogen and oxygen atoms in total. The summed E-state index contributed by atoms with van der Waals surface area (Å²) in [6.07, 6.45) is 5.88. The van der Waals surface area contributed by atoms with Crippen molar-refractivity contribution < 1.29 is 14.5 Å². The van der Waals surface area contributed by atoms with Crippen molar-refractivity contribution in [2.75, 3.05) is 25.2 Å². The molecule has 0 aliphatic heterocycles. The molecular weight excluding hydrogens is 225 g/mol. The first kappa shape index (κ1) is 15.7. The van der Waals surface area contributed by atoms with E-state index in [0.717, 1.165) is 38.0 Å². The predicted molar refractivity (Wildman–Crippen MR) is 67.7 cm³/mol. The van der Waals surface area contributed by atoms with Gasteiger partial charge in [-0.1, -0.05) is 26.7 Å². The number of hydrogen-bond acceptors (Lipinski definition) is 3. The van der Waals surface area contributed by atoms with Crippen molar-refractivity contribution in [3.05, 3.63) is 0 Å². The molecule has 0 saturated heterocycles. The van der Waals surface area contributed by atoms with Gasteiger partial charge in [0.15, 0.2) is 0 Å². The van der Waals surface area contributed by atoms with Crippen LogP contribution in [-0.2, 0) is 9.36 Å². The molecule has 0 fully saturated rings. The zero-order chi connectivity index (χ0) is 12.4. The summed E-state index contributed by atoms with van der Waals surface area (Å²) in [5, 5.41) is 11.3. The first-order valence-electron chi connectivity index (χ1n) is 6.03. The van der Waals surface area contributed by atoms with Gasteiger partial charge in [0.25, 0.3) is 0 Å². The summed E-state index contributed by atoms with van der Waals surface area (Å²) in [5.41, 5.74) is 0. The molecule has 0 aliphatic carbocycles. The normalized spacial score (nSPS) is 11.6. The second kappa shape index (κ2) is 8.77. The number of unbranched alkanes of at least 4 members (excludes halogenated alkanes) is 2. The lowest BCUT2D eigenvalue weighted by Gasteiger charge is -2.18. The molecule has 0 aromatic heterocycles. The van der Waals surface area contributed by atoms with Gasteiger partial charge in [-0.15, -0.1) is 0 Å². The van der Waals surface area contributed by atoms with Gasteiger partial charge in [0.2, 0.25) is 0 Å². The number of hydrogen-bond donors (Lipinski definition) is 2. The van der Waals surface area contributed by atoms with E-state index in [1.165, 1.54) is 0 Å². The third kappa shape index (κ3) is 7.89. The molecule has 0 unspecified atom stereocenters. The molecule has 0 spiro atoms. The first-order chi connectivity index (χ1) is 7.54. The lowest BCUT2D eigenvalue weighted by Crippen LogP contribution is -2.24. The molecule has 0 rings (SSSR count). The Balaban J connectivity index is 4.07. The third-order valence-electron chi connectivity index (χ3n) is 2.51. The van der Waals surface area contributed by atoms with Crippen LogP contribution >= 0.6 is 7.14 Å². The lowest BCUT2D eigenvalue weighted by molar-refractivity contribution is -0.135. The van der Waals surface area contributed by atoms with Crippen LogP contribution in [0.4, 0.5) is 0 Å². The molecule has 5 heteroatoms. The minimum atomic E-state index is -2.18. The molecule has 0 radical (unpaired) electrons. The Hall–Kier alpha value is -0.340. The molecule has 0 heterocycles. The fourth-order valence-corrected chi connectivity index (χ4v) is 4.37. The van der Waals surface area contributed by atoms with Crippen LogP contribution in [0.3, 0.4) is 0 Å². The van der Waals surface area contributed by atoms with Crippen LogP contribution in [0, 0.1) is 0 Å². The topological polar surface area (TPSA) is 66.4 Å². The van der Waals surface area contributed by atoms with E-state index in [-0.39, 0.29) is 6.54 Å². The maximum Gasteiger partial charge on any atom is 0.317 e. The average molecular weight is 249 g/mol. The van der Waals surface area contributed by atoms with E-state index in [1.807, 2.05) is 0 Å². The number of carbonyl (C=O) groups is 1. The van der Waals surface area contributed by atoms with Gasteiger partial charge >= 0.3 is 5.97 Å². The highest BCUT2D eigenvalue weighted by atomic mass is 31.2. The number of carboxylic acid groups (broad SMARTS) is 1. The van der Waals surface area contributed by atoms with Crippen LogP contribution in [0.25, 0.3) is 0 Å². The standard InChI is InChI=1S/C11H24NO3P/c1-3-5-7-16(15,8-6-4-2)10-12-9-11(13)14/h12H,3-10H2,1-2H3,(H,13,14). The molecule has 0 saturated carbocycles. The van der Waals surface area contributed by atoms with Crippen LogP contribution in [-0.4, -0.2) is 36.2 Å². The van der Waals surface area contributed by atoms with E-state index in [9.17, 15) is 9.36 Å². The second-order valence-corrected chi connectivity index (χ2v) is 7.52. The Bertz CT molecular complexity index is 231. The highest BCUT2D eigenvalue weighted by Gasteiger charge is 2.20. The van der Waals surface area contributed by atoms with Gasteiger partial charge in [0.1, 0.15) is 7.14 Å². The SMILES string of the molecule is CCCCP(=O)(CCCC)CNCC(=O)O. The summed E-state index contributed by atoms with van der Waals surface area (Å²) in [4.78, 5) is 10.4. The van der Waals surface area contributed by atoms with Gasteiger partial charge in [-0.05, 0) is 12.8 Å². The van der Waals surface area contributed by atoms with Gasteiger partial charge in [-0.2, -0.15) is 0 Å². The van der Waals surface area contributed by atoms with Crippen molar-refractivity contribution in [3.8, 4) is 0 Å². The fraction of sp³-hybridized carbons (Fsp3) is 0.909. The fourth-order valence-electron chi connectivity index (χ4n) is 1.53. The van der Waals surface area contributed by atoms with Gasteiger partial charge in [-0.3, -0.25) is 4.79 Å². The summed E-state index contributed by atoms with van der Waals surface area (Å²) in [6.45, 7) is 4.06. The molecule has 0 aliphatic rings. The van der Waals surface area contributed by atoms with Gasteiger partial charge in [-0.25, -0.2) is 0 Å². The Labute approximate surface area is 98.2 Å². The molecule has 0 aromatic carbocycles. The minimum absolute atomic E-state index is 0.0950. The van der Waals surface area contributed by atoms with Crippen molar-refractivity contribution in [3.63, 3.8) is 0 Å². The van der Waals surface area contributed by atoms with Crippen LogP contribution in [0.15, 0.2) is 0 Å². The predicted octanol–water partition coefficient (Wildman–Crippen LogP) is 2.58. The highest BCUT2D eigenvalue weighted by molar-refractivity contribution is 7.63. The van der Waals surface area contributed by atoms with E-state index >= 15 is 0 Å². The van der Waals surface area contributed by atoms with Crippen LogP contribution in [0.5, 0.6) is 0 Å². The summed E-state index contributed by atoms with van der Waals surface area (Å²) in [5.74, 6) is -0.891. The van der Waals surface area contributed by atoms with Crippen LogP contribution in [0.2, 0.25) is 0 Å². The first-order valence-corrected chi connectivity index (χ1v) is 8.30. The van der Waals surface area contributed by atoms with Crippen molar-refractivity contribution in [1.29, 1.82) is 0 Å². The molecule has 2 N–H and O–H groups in total. The lowest BCUT2D eigenvalue weighted by atomic mass is 10.4. The van der Waals surface area contributed by atoms with E-state index in [1.54, 1.807) is 0 Å². The molecule has 0 aromatic rings. The zero-order valence-corrected chi connectivity index (χ0v) is 11.3. The van der Waals surface area contributed by atoms with Crippen molar-refractivity contribution in [2.24, 2.45) is 0 Å². The summed E-state index contributed by atoms with van der Waals surface area (Å²) < 4.78 is 12.5. The number of nitrogens with one attached hydrogen (secondary N) is 1. The second-order valence-electron chi connectivity index (χ2n) is 4.19. The van der Waals surface area contributed by atoms with E-state index in [2.05, 4.69) is 19.2 Å². The minimum Gasteiger partial charge on any atom is -0.480 e. The average Bonchev–Trinajstić information content (AvgIpc) is 2.23. The Morgan fingerprint density at radius 3 is 2.06 bits per heavy atom. The molecule has 0 atom stereocenters. The number of aliphatic carboxylic acids is 1. The Morgan fingerprint density at radius 1 is 1.19 bits per heavy atom. The van der Waals surface area contributed by atoms with Gasteiger partial charge < -0.3 is 15.0 Å².